The standard InChI is InChI=1S/C33H47N3O4/c1-23(2)25-12-13-29(39-5)26(20-25)21-36-18-15-33(16-19-36)14-8-9-17-34-31(37)27-10-6-7-11-30(27)40-22-28(24(3)4)35-32(33)38/h6-7,10-13,20,23-24,28H,8-9,14-19,21-22H2,1-5H3,(H,34,37)(H,35,38)/t28-/m1/s1. The SMILES string of the molecule is COc1ccc(C(C)C)cc1CN1CCC2(CCCCNC(=O)c3ccccc3OC[C@H](C(C)C)NC2=O)CC1. The minimum absolute atomic E-state index is 0.113. The van der Waals surface area contributed by atoms with E-state index in [0.29, 0.717) is 30.4 Å². The summed E-state index contributed by atoms with van der Waals surface area (Å²) in [4.78, 5) is 29.3. The number of hydrogen-bond acceptors (Lipinski definition) is 5. The van der Waals surface area contributed by atoms with Crippen molar-refractivity contribution < 1.29 is 19.1 Å². The summed E-state index contributed by atoms with van der Waals surface area (Å²) < 4.78 is 11.8. The summed E-state index contributed by atoms with van der Waals surface area (Å²) in [5, 5.41) is 6.42. The summed E-state index contributed by atoms with van der Waals surface area (Å²) in [5.74, 6) is 2.15. The molecule has 2 amide bonds. The number of amides is 2. The largest absolute Gasteiger partial charge is 0.496 e. The van der Waals surface area contributed by atoms with Crippen LogP contribution in [0.5, 0.6) is 11.5 Å². The Hall–Kier alpha value is -3.06. The molecule has 4 rings (SSSR count). The first kappa shape index (κ1) is 29.9. The Bertz CT molecular complexity index is 1150. The molecule has 2 heterocycles. The third-order valence-corrected chi connectivity index (χ3v) is 8.70. The van der Waals surface area contributed by atoms with E-state index in [4.69, 9.17) is 9.47 Å². The molecule has 1 spiro atoms. The average molecular weight is 550 g/mol. The van der Waals surface area contributed by atoms with Gasteiger partial charge in [-0.2, -0.15) is 0 Å². The maximum Gasteiger partial charge on any atom is 0.255 e. The highest BCUT2D eigenvalue weighted by atomic mass is 16.5. The normalized spacial score (nSPS) is 20.8. The highest BCUT2D eigenvalue weighted by molar-refractivity contribution is 5.96. The lowest BCUT2D eigenvalue weighted by molar-refractivity contribution is -0.136. The Balaban J connectivity index is 1.49. The van der Waals surface area contributed by atoms with Gasteiger partial charge in [0.25, 0.3) is 5.91 Å². The van der Waals surface area contributed by atoms with Crippen molar-refractivity contribution in [2.24, 2.45) is 11.3 Å². The zero-order valence-electron chi connectivity index (χ0n) is 24.9. The summed E-state index contributed by atoms with van der Waals surface area (Å²) in [5.41, 5.74) is 2.63. The Labute approximate surface area is 240 Å². The van der Waals surface area contributed by atoms with Gasteiger partial charge in [-0.3, -0.25) is 14.5 Å². The van der Waals surface area contributed by atoms with Crippen LogP contribution in [-0.4, -0.2) is 56.1 Å². The molecule has 0 aliphatic carbocycles. The molecule has 218 valence electrons. The third-order valence-electron chi connectivity index (χ3n) is 8.70. The quantitative estimate of drug-likeness (QED) is 0.512. The molecule has 0 aromatic heterocycles. The van der Waals surface area contributed by atoms with Gasteiger partial charge >= 0.3 is 0 Å². The van der Waals surface area contributed by atoms with E-state index in [1.807, 2.05) is 18.2 Å². The van der Waals surface area contributed by atoms with Gasteiger partial charge in [-0.1, -0.05) is 58.4 Å². The van der Waals surface area contributed by atoms with Gasteiger partial charge in [0.1, 0.15) is 18.1 Å². The van der Waals surface area contributed by atoms with Gasteiger partial charge in [-0.05, 0) is 74.4 Å². The van der Waals surface area contributed by atoms with Crippen LogP contribution in [0, 0.1) is 11.3 Å². The van der Waals surface area contributed by atoms with Crippen LogP contribution in [0.25, 0.3) is 0 Å². The maximum atomic E-state index is 14.0. The first-order chi connectivity index (χ1) is 19.2. The van der Waals surface area contributed by atoms with Crippen LogP contribution in [0.3, 0.4) is 0 Å². The highest BCUT2D eigenvalue weighted by Gasteiger charge is 2.42. The molecule has 7 heteroatoms. The van der Waals surface area contributed by atoms with Crippen molar-refractivity contribution in [3.8, 4) is 11.5 Å². The molecule has 0 saturated carbocycles. The minimum atomic E-state index is -0.417. The number of nitrogens with zero attached hydrogens (tertiary/aromatic N) is 1. The van der Waals surface area contributed by atoms with Gasteiger partial charge in [0.15, 0.2) is 0 Å². The van der Waals surface area contributed by atoms with E-state index in [9.17, 15) is 9.59 Å². The van der Waals surface area contributed by atoms with E-state index in [1.54, 1.807) is 13.2 Å². The molecule has 2 aromatic carbocycles. The number of hydrogen-bond donors (Lipinski definition) is 2. The van der Waals surface area contributed by atoms with Gasteiger partial charge in [0, 0.05) is 18.7 Å². The summed E-state index contributed by atoms with van der Waals surface area (Å²) >= 11 is 0. The molecule has 0 radical (unpaired) electrons. The predicted octanol–water partition coefficient (Wildman–Crippen LogP) is 5.53. The van der Waals surface area contributed by atoms with Crippen molar-refractivity contribution in [3.63, 3.8) is 0 Å². The van der Waals surface area contributed by atoms with Crippen LogP contribution in [-0.2, 0) is 11.3 Å². The Morgan fingerprint density at radius 3 is 2.48 bits per heavy atom. The predicted molar refractivity (Wildman–Crippen MR) is 159 cm³/mol. The lowest BCUT2D eigenvalue weighted by atomic mass is 9.73. The van der Waals surface area contributed by atoms with E-state index in [-0.39, 0.29) is 23.8 Å². The Kier molecular flexibility index (Phi) is 10.1. The smallest absolute Gasteiger partial charge is 0.255 e. The molecule has 2 aliphatic heterocycles. The van der Waals surface area contributed by atoms with Crippen molar-refractivity contribution in [2.75, 3.05) is 33.4 Å². The number of benzene rings is 2. The van der Waals surface area contributed by atoms with Gasteiger partial charge in [-0.25, -0.2) is 0 Å². The van der Waals surface area contributed by atoms with Crippen LogP contribution in [0.4, 0.5) is 0 Å². The second kappa shape index (κ2) is 13.5. The molecule has 1 saturated heterocycles. The maximum absolute atomic E-state index is 14.0. The van der Waals surface area contributed by atoms with Crippen molar-refractivity contribution >= 4 is 11.8 Å². The van der Waals surface area contributed by atoms with Gasteiger partial charge in [0.2, 0.25) is 5.91 Å². The number of para-hydroxylation sites is 1. The average Bonchev–Trinajstić information content (AvgIpc) is 2.95. The minimum Gasteiger partial charge on any atom is -0.496 e. The molecule has 2 aliphatic rings. The molecule has 2 aromatic rings. The number of carbonyl (C=O) groups is 2. The molecular formula is C33H47N3O4. The lowest BCUT2D eigenvalue weighted by Crippen LogP contribution is -2.53. The lowest BCUT2D eigenvalue weighted by Gasteiger charge is -2.42. The van der Waals surface area contributed by atoms with Crippen molar-refractivity contribution in [3.05, 3.63) is 59.2 Å². The zero-order valence-corrected chi connectivity index (χ0v) is 24.9. The van der Waals surface area contributed by atoms with Crippen LogP contribution in [0.1, 0.15) is 87.2 Å². The van der Waals surface area contributed by atoms with Gasteiger partial charge in [-0.15, -0.1) is 0 Å². The van der Waals surface area contributed by atoms with Gasteiger partial charge in [0.05, 0.1) is 24.1 Å². The Morgan fingerprint density at radius 2 is 1.77 bits per heavy atom. The van der Waals surface area contributed by atoms with Crippen molar-refractivity contribution in [1.29, 1.82) is 0 Å². The molecule has 40 heavy (non-hydrogen) atoms. The summed E-state index contributed by atoms with van der Waals surface area (Å²) in [7, 11) is 1.73. The summed E-state index contributed by atoms with van der Waals surface area (Å²) in [6, 6.07) is 13.7. The van der Waals surface area contributed by atoms with Crippen LogP contribution in [0.15, 0.2) is 42.5 Å². The fraction of sp³-hybridized carbons (Fsp3) is 0.576. The van der Waals surface area contributed by atoms with Crippen LogP contribution in [0.2, 0.25) is 0 Å². The van der Waals surface area contributed by atoms with E-state index in [2.05, 4.69) is 61.4 Å². The molecule has 1 fully saturated rings. The summed E-state index contributed by atoms with van der Waals surface area (Å²) in [6.07, 6.45) is 4.16. The van der Waals surface area contributed by atoms with E-state index in [1.165, 1.54) is 11.1 Å². The number of nitrogens with one attached hydrogen (secondary N) is 2. The molecule has 0 unspecified atom stereocenters. The number of ether oxygens (including phenoxy) is 2. The van der Waals surface area contributed by atoms with Gasteiger partial charge < -0.3 is 20.1 Å². The number of carbonyl (C=O) groups excluding carboxylic acids is 2. The van der Waals surface area contributed by atoms with Crippen molar-refractivity contribution in [2.45, 2.75) is 78.3 Å². The van der Waals surface area contributed by atoms with E-state index in [0.717, 1.165) is 57.5 Å². The van der Waals surface area contributed by atoms with Crippen LogP contribution >= 0.6 is 0 Å². The third kappa shape index (κ3) is 7.17. The van der Waals surface area contributed by atoms with Crippen molar-refractivity contribution in [1.82, 2.24) is 15.5 Å². The monoisotopic (exact) mass is 549 g/mol. The number of methoxy groups -OCH3 is 1. The van der Waals surface area contributed by atoms with E-state index >= 15 is 0 Å². The zero-order chi connectivity index (χ0) is 28.7. The fourth-order valence-electron chi connectivity index (χ4n) is 5.82. The molecular weight excluding hydrogens is 502 g/mol. The topological polar surface area (TPSA) is 79.9 Å². The second-order valence-electron chi connectivity index (χ2n) is 12.1. The van der Waals surface area contributed by atoms with Crippen LogP contribution < -0.4 is 20.1 Å². The molecule has 7 nitrogen and oxygen atoms in total. The molecule has 1 atom stereocenters. The first-order valence-corrected chi connectivity index (χ1v) is 14.9. The highest BCUT2D eigenvalue weighted by Crippen LogP contribution is 2.38. The second-order valence-corrected chi connectivity index (χ2v) is 12.1. The molecule has 0 bridgehead atoms. The fourth-order valence-corrected chi connectivity index (χ4v) is 5.82. The number of likely N-dealkylation sites (tertiary alicyclic amines) is 1. The number of rotatable bonds is 5. The summed E-state index contributed by atoms with van der Waals surface area (Å²) in [6.45, 7) is 12.1. The Morgan fingerprint density at radius 1 is 1.02 bits per heavy atom. The molecule has 2 N–H and O–H groups in total. The van der Waals surface area contributed by atoms with E-state index < -0.39 is 5.41 Å². The number of piperidine rings is 1. The number of fused-ring (bicyclic) bond motifs is 1. The first-order valence-electron chi connectivity index (χ1n) is 14.9.